The van der Waals surface area contributed by atoms with Crippen molar-refractivity contribution in [1.82, 2.24) is 4.31 Å². The first-order valence-corrected chi connectivity index (χ1v) is 9.17. The van der Waals surface area contributed by atoms with Crippen molar-refractivity contribution in [1.29, 1.82) is 0 Å². The van der Waals surface area contributed by atoms with Crippen LogP contribution < -0.4 is 5.32 Å². The van der Waals surface area contributed by atoms with Crippen molar-refractivity contribution in [2.45, 2.75) is 17.9 Å². The highest BCUT2D eigenvalue weighted by atomic mass is 35.5. The Hall–Kier alpha value is -1.08. The van der Waals surface area contributed by atoms with E-state index in [1.54, 1.807) is 25.2 Å². The van der Waals surface area contributed by atoms with Gasteiger partial charge in [0.05, 0.1) is 9.23 Å². The molecule has 1 aromatic heterocycles. The molecule has 0 unspecified atom stereocenters. The van der Waals surface area contributed by atoms with Gasteiger partial charge in [0.2, 0.25) is 10.0 Å². The predicted octanol–water partition coefficient (Wildman–Crippen LogP) is 3.19. The van der Waals surface area contributed by atoms with Gasteiger partial charge in [0, 0.05) is 30.7 Å². The summed E-state index contributed by atoms with van der Waals surface area (Å²) in [5, 5.41) is 3.23. The third kappa shape index (κ3) is 2.94. The summed E-state index contributed by atoms with van der Waals surface area (Å²) >= 11 is 7.28. The van der Waals surface area contributed by atoms with Crippen LogP contribution in [0.4, 0.5) is 5.69 Å². The van der Waals surface area contributed by atoms with Crippen molar-refractivity contribution in [2.24, 2.45) is 0 Å². The summed E-state index contributed by atoms with van der Waals surface area (Å²) in [5.74, 6) is 0. The molecule has 0 atom stereocenters. The topological polar surface area (TPSA) is 49.4 Å². The Morgan fingerprint density at radius 2 is 2.14 bits per heavy atom. The largest absolute Gasteiger partial charge is 0.384 e. The van der Waals surface area contributed by atoms with E-state index < -0.39 is 10.0 Å². The lowest BCUT2D eigenvalue weighted by Gasteiger charge is -2.17. The summed E-state index contributed by atoms with van der Waals surface area (Å²) in [5.41, 5.74) is 2.09. The van der Waals surface area contributed by atoms with Crippen LogP contribution >= 0.6 is 22.9 Å². The quantitative estimate of drug-likeness (QED) is 0.928. The Bertz CT molecular complexity index is 771. The number of sulfonamides is 1. The zero-order chi connectivity index (χ0) is 15.0. The lowest BCUT2D eigenvalue weighted by molar-refractivity contribution is 0.469. The molecule has 0 saturated carbocycles. The number of fused-ring (bicyclic) bond motifs is 1. The van der Waals surface area contributed by atoms with E-state index in [0.717, 1.165) is 29.1 Å². The molecule has 4 nitrogen and oxygen atoms in total. The SMILES string of the molecule is CN(Cc1ccc(Cl)s1)S(=O)(=O)c1ccc2c(c1)CCN2. The van der Waals surface area contributed by atoms with Crippen LogP contribution in [0.25, 0.3) is 0 Å². The fraction of sp³-hybridized carbons (Fsp3) is 0.286. The fourth-order valence-corrected chi connectivity index (χ4v) is 4.79. The minimum atomic E-state index is -3.48. The van der Waals surface area contributed by atoms with Crippen molar-refractivity contribution < 1.29 is 8.42 Å². The van der Waals surface area contributed by atoms with Gasteiger partial charge in [-0.15, -0.1) is 11.3 Å². The highest BCUT2D eigenvalue weighted by Crippen LogP contribution is 2.28. The van der Waals surface area contributed by atoms with E-state index in [2.05, 4.69) is 5.32 Å². The molecule has 0 radical (unpaired) electrons. The van der Waals surface area contributed by atoms with Crippen LogP contribution in [0.15, 0.2) is 35.2 Å². The van der Waals surface area contributed by atoms with Gasteiger partial charge >= 0.3 is 0 Å². The monoisotopic (exact) mass is 342 g/mol. The molecule has 1 N–H and O–H groups in total. The molecule has 0 saturated heterocycles. The first-order valence-electron chi connectivity index (χ1n) is 6.54. The van der Waals surface area contributed by atoms with Crippen molar-refractivity contribution >= 4 is 38.6 Å². The van der Waals surface area contributed by atoms with Crippen LogP contribution in [-0.2, 0) is 23.0 Å². The average Bonchev–Trinajstić information content (AvgIpc) is 3.06. The molecule has 0 fully saturated rings. The van der Waals surface area contributed by atoms with Gasteiger partial charge in [-0.05, 0) is 42.3 Å². The first kappa shape index (κ1) is 14.8. The molecule has 1 aromatic carbocycles. The average molecular weight is 343 g/mol. The molecule has 21 heavy (non-hydrogen) atoms. The zero-order valence-corrected chi connectivity index (χ0v) is 13.9. The smallest absolute Gasteiger partial charge is 0.243 e. The molecule has 1 aliphatic heterocycles. The Labute approximate surface area is 133 Å². The van der Waals surface area contributed by atoms with Gasteiger partial charge in [0.15, 0.2) is 0 Å². The number of benzene rings is 1. The number of hydrogen-bond acceptors (Lipinski definition) is 4. The minimum Gasteiger partial charge on any atom is -0.384 e. The Morgan fingerprint density at radius 1 is 1.33 bits per heavy atom. The molecule has 1 aliphatic rings. The second-order valence-electron chi connectivity index (χ2n) is 4.96. The Kier molecular flexibility index (Phi) is 3.96. The number of thiophene rings is 1. The number of nitrogens with zero attached hydrogens (tertiary/aromatic N) is 1. The van der Waals surface area contributed by atoms with Gasteiger partial charge in [-0.1, -0.05) is 11.6 Å². The van der Waals surface area contributed by atoms with Crippen LogP contribution in [0.1, 0.15) is 10.4 Å². The van der Waals surface area contributed by atoms with Crippen LogP contribution in [0, 0.1) is 0 Å². The number of rotatable bonds is 4. The molecule has 0 aliphatic carbocycles. The molecule has 3 rings (SSSR count). The van der Waals surface area contributed by atoms with Gasteiger partial charge in [0.25, 0.3) is 0 Å². The zero-order valence-electron chi connectivity index (χ0n) is 11.5. The standard InChI is InChI=1S/C14H15ClN2O2S2/c1-17(9-11-2-5-14(15)20-11)21(18,19)12-3-4-13-10(8-12)6-7-16-13/h2-5,8,16H,6-7,9H2,1H3. The van der Waals surface area contributed by atoms with Crippen LogP contribution in [0.2, 0.25) is 4.34 Å². The normalized spacial score (nSPS) is 14.2. The number of halogens is 1. The van der Waals surface area contributed by atoms with Crippen molar-refractivity contribution in [3.05, 3.63) is 45.1 Å². The molecule has 0 bridgehead atoms. The number of anilines is 1. The molecule has 2 heterocycles. The van der Waals surface area contributed by atoms with E-state index in [1.165, 1.54) is 15.6 Å². The van der Waals surface area contributed by atoms with Crippen molar-refractivity contribution in [3.8, 4) is 0 Å². The summed E-state index contributed by atoms with van der Waals surface area (Å²) in [4.78, 5) is 1.27. The molecule has 7 heteroatoms. The number of hydrogen-bond donors (Lipinski definition) is 1. The Balaban J connectivity index is 1.85. The Morgan fingerprint density at radius 3 is 2.86 bits per heavy atom. The maximum atomic E-state index is 12.6. The second kappa shape index (κ2) is 5.61. The van der Waals surface area contributed by atoms with Gasteiger partial charge in [-0.25, -0.2) is 8.42 Å². The van der Waals surface area contributed by atoms with E-state index in [1.807, 2.05) is 12.1 Å². The molecular weight excluding hydrogens is 328 g/mol. The van der Waals surface area contributed by atoms with E-state index in [9.17, 15) is 8.42 Å². The van der Waals surface area contributed by atoms with E-state index in [0.29, 0.717) is 15.8 Å². The minimum absolute atomic E-state index is 0.328. The first-order chi connectivity index (χ1) is 9.96. The van der Waals surface area contributed by atoms with Gasteiger partial charge < -0.3 is 5.32 Å². The lowest BCUT2D eigenvalue weighted by Crippen LogP contribution is -2.26. The number of nitrogens with one attached hydrogen (secondary N) is 1. The van der Waals surface area contributed by atoms with Gasteiger partial charge in [-0.3, -0.25) is 0 Å². The molecule has 112 valence electrons. The van der Waals surface area contributed by atoms with E-state index in [-0.39, 0.29) is 0 Å². The lowest BCUT2D eigenvalue weighted by atomic mass is 10.2. The maximum Gasteiger partial charge on any atom is 0.243 e. The van der Waals surface area contributed by atoms with Crippen molar-refractivity contribution in [2.75, 3.05) is 18.9 Å². The summed E-state index contributed by atoms with van der Waals surface area (Å²) in [7, 11) is -1.89. The fourth-order valence-electron chi connectivity index (χ4n) is 2.36. The summed E-state index contributed by atoms with van der Waals surface area (Å²) in [6.07, 6.45) is 0.864. The van der Waals surface area contributed by atoms with Crippen molar-refractivity contribution in [3.63, 3.8) is 0 Å². The maximum absolute atomic E-state index is 12.6. The molecular formula is C14H15ClN2O2S2. The predicted molar refractivity (Wildman–Crippen MR) is 86.6 cm³/mol. The van der Waals surface area contributed by atoms with Crippen LogP contribution in [0.5, 0.6) is 0 Å². The van der Waals surface area contributed by atoms with E-state index in [4.69, 9.17) is 11.6 Å². The molecule has 0 amide bonds. The summed E-state index contributed by atoms with van der Waals surface area (Å²) in [6, 6.07) is 8.90. The highest BCUT2D eigenvalue weighted by Gasteiger charge is 2.23. The molecule has 2 aromatic rings. The van der Waals surface area contributed by atoms with Crippen LogP contribution in [-0.4, -0.2) is 26.3 Å². The summed E-state index contributed by atoms with van der Waals surface area (Å²) < 4.78 is 27.3. The third-order valence-corrected chi connectivity index (χ3v) is 6.52. The van der Waals surface area contributed by atoms with Gasteiger partial charge in [0.1, 0.15) is 0 Å². The summed E-state index contributed by atoms with van der Waals surface area (Å²) in [6.45, 7) is 1.19. The van der Waals surface area contributed by atoms with Gasteiger partial charge in [-0.2, -0.15) is 4.31 Å². The molecule has 0 spiro atoms. The highest BCUT2D eigenvalue weighted by molar-refractivity contribution is 7.89. The van der Waals surface area contributed by atoms with Crippen LogP contribution in [0.3, 0.4) is 0 Å². The van der Waals surface area contributed by atoms with E-state index >= 15 is 0 Å². The third-order valence-electron chi connectivity index (χ3n) is 3.50. The second-order valence-corrected chi connectivity index (χ2v) is 8.81.